The van der Waals surface area contributed by atoms with Gasteiger partial charge in [-0.25, -0.2) is 5.06 Å². The summed E-state index contributed by atoms with van der Waals surface area (Å²) in [6.45, 7) is 7.56. The fourth-order valence-corrected chi connectivity index (χ4v) is 1.72. The topological polar surface area (TPSA) is 29.5 Å². The molecule has 4 heteroatoms. The number of benzene rings is 1. The largest absolute Gasteiger partial charge is 0.276 e. The minimum absolute atomic E-state index is 0.406. The van der Waals surface area contributed by atoms with Crippen molar-refractivity contribution < 1.29 is 9.63 Å². The van der Waals surface area contributed by atoms with Gasteiger partial charge in [-0.2, -0.15) is 0 Å². The fraction of sp³-hybridized carbons (Fsp3) is 0.429. The summed E-state index contributed by atoms with van der Waals surface area (Å²) in [6, 6.07) is 8.38. The fourth-order valence-electron chi connectivity index (χ4n) is 1.50. The highest BCUT2D eigenvalue weighted by Crippen LogP contribution is 2.20. The first-order chi connectivity index (χ1) is 8.31. The van der Waals surface area contributed by atoms with Crippen LogP contribution < -0.4 is 0 Å². The number of hydrogen-bond acceptors (Lipinski definition) is 2. The second-order valence-electron chi connectivity index (χ2n) is 5.18. The maximum Gasteiger partial charge on any atom is 0.233 e. The molecular formula is C14H19ClNO2. The molecule has 3 nitrogen and oxygen atoms in total. The van der Waals surface area contributed by atoms with Crippen molar-refractivity contribution in [3.05, 3.63) is 40.9 Å². The van der Waals surface area contributed by atoms with Crippen LogP contribution in [0.15, 0.2) is 24.3 Å². The SMILES string of the molecule is C[C](Cc1cccc(Cl)c1)N(C=O)OC(C)(C)C. The van der Waals surface area contributed by atoms with Crippen LogP contribution in [0.2, 0.25) is 5.02 Å². The Kier molecular flexibility index (Phi) is 5.17. The van der Waals surface area contributed by atoms with Crippen LogP contribution in [-0.4, -0.2) is 17.1 Å². The van der Waals surface area contributed by atoms with Gasteiger partial charge in [-0.05, 0) is 45.4 Å². The van der Waals surface area contributed by atoms with Crippen LogP contribution in [0.25, 0.3) is 0 Å². The van der Waals surface area contributed by atoms with Gasteiger partial charge in [-0.1, -0.05) is 23.7 Å². The summed E-state index contributed by atoms with van der Waals surface area (Å²) in [5, 5.41) is 1.97. The van der Waals surface area contributed by atoms with Gasteiger partial charge in [-0.3, -0.25) is 9.63 Å². The number of hydroxylamine groups is 2. The van der Waals surface area contributed by atoms with Gasteiger partial charge in [0.05, 0.1) is 11.6 Å². The molecule has 0 bridgehead atoms. The maximum atomic E-state index is 11.0. The third kappa shape index (κ3) is 5.07. The van der Waals surface area contributed by atoms with E-state index in [0.717, 1.165) is 11.6 Å². The Balaban J connectivity index is 2.68. The molecule has 0 aliphatic rings. The number of rotatable bonds is 5. The number of halogens is 1. The van der Waals surface area contributed by atoms with Gasteiger partial charge in [0.15, 0.2) is 0 Å². The first kappa shape index (κ1) is 15.0. The number of hydrogen-bond donors (Lipinski definition) is 0. The Morgan fingerprint density at radius 1 is 1.44 bits per heavy atom. The van der Waals surface area contributed by atoms with Gasteiger partial charge in [0, 0.05) is 11.4 Å². The lowest BCUT2D eigenvalue weighted by molar-refractivity contribution is -0.212. The van der Waals surface area contributed by atoms with Crippen molar-refractivity contribution in [2.45, 2.75) is 39.7 Å². The van der Waals surface area contributed by atoms with E-state index < -0.39 is 5.60 Å². The molecule has 0 aromatic heterocycles. The highest BCUT2D eigenvalue weighted by Gasteiger charge is 2.21. The van der Waals surface area contributed by atoms with Gasteiger partial charge in [0.1, 0.15) is 0 Å². The highest BCUT2D eigenvalue weighted by molar-refractivity contribution is 6.30. The van der Waals surface area contributed by atoms with Crippen molar-refractivity contribution in [2.24, 2.45) is 0 Å². The van der Waals surface area contributed by atoms with E-state index in [1.54, 1.807) is 0 Å². The molecule has 1 aromatic carbocycles. The van der Waals surface area contributed by atoms with E-state index in [9.17, 15) is 4.79 Å². The van der Waals surface area contributed by atoms with Gasteiger partial charge in [-0.15, -0.1) is 0 Å². The van der Waals surface area contributed by atoms with Crippen molar-refractivity contribution in [3.63, 3.8) is 0 Å². The van der Waals surface area contributed by atoms with Crippen LogP contribution in [0, 0.1) is 6.04 Å². The minimum Gasteiger partial charge on any atom is -0.276 e. The molecule has 0 fully saturated rings. The first-order valence-corrected chi connectivity index (χ1v) is 6.20. The zero-order chi connectivity index (χ0) is 13.8. The predicted octanol–water partition coefficient (Wildman–Crippen LogP) is 3.62. The summed E-state index contributed by atoms with van der Waals surface area (Å²) >= 11 is 5.92. The molecule has 0 atom stereocenters. The van der Waals surface area contributed by atoms with E-state index >= 15 is 0 Å². The molecule has 0 spiro atoms. The van der Waals surface area contributed by atoms with Crippen LogP contribution in [0.5, 0.6) is 0 Å². The molecule has 18 heavy (non-hydrogen) atoms. The van der Waals surface area contributed by atoms with E-state index in [-0.39, 0.29) is 0 Å². The third-order valence-electron chi connectivity index (χ3n) is 2.19. The van der Waals surface area contributed by atoms with Crippen LogP contribution in [-0.2, 0) is 16.1 Å². The maximum absolute atomic E-state index is 11.0. The number of carbonyl (C=O) groups is 1. The quantitative estimate of drug-likeness (QED) is 0.603. The molecule has 0 aliphatic heterocycles. The molecule has 0 N–H and O–H groups in total. The van der Waals surface area contributed by atoms with Crippen LogP contribution in [0.4, 0.5) is 0 Å². The Bertz CT molecular complexity index is 401. The molecule has 1 radical (unpaired) electrons. The molecule has 1 aromatic rings. The number of amides is 1. The average Bonchev–Trinajstić information content (AvgIpc) is 2.24. The van der Waals surface area contributed by atoms with E-state index in [2.05, 4.69) is 0 Å². The van der Waals surface area contributed by atoms with Gasteiger partial charge in [0.25, 0.3) is 0 Å². The smallest absolute Gasteiger partial charge is 0.233 e. The number of nitrogens with zero attached hydrogens (tertiary/aromatic N) is 1. The molecule has 0 saturated carbocycles. The lowest BCUT2D eigenvalue weighted by Crippen LogP contribution is -2.35. The zero-order valence-corrected chi connectivity index (χ0v) is 12.0. The molecule has 0 heterocycles. The zero-order valence-electron chi connectivity index (χ0n) is 11.2. The Morgan fingerprint density at radius 2 is 2.11 bits per heavy atom. The molecular weight excluding hydrogens is 250 g/mol. The summed E-state index contributed by atoms with van der Waals surface area (Å²) in [7, 11) is 0. The van der Waals surface area contributed by atoms with Crippen LogP contribution in [0.3, 0.4) is 0 Å². The normalized spacial score (nSPS) is 11.7. The van der Waals surface area contributed by atoms with Gasteiger partial charge in [0.2, 0.25) is 6.41 Å². The molecule has 99 valence electrons. The van der Waals surface area contributed by atoms with Gasteiger partial charge < -0.3 is 0 Å². The number of carbonyl (C=O) groups excluding carboxylic acids is 1. The average molecular weight is 269 g/mol. The van der Waals surface area contributed by atoms with E-state index in [1.165, 1.54) is 5.06 Å². The van der Waals surface area contributed by atoms with E-state index in [1.807, 2.05) is 52.0 Å². The molecule has 0 aliphatic carbocycles. The first-order valence-electron chi connectivity index (χ1n) is 5.82. The summed E-state index contributed by atoms with van der Waals surface area (Å²) in [4.78, 5) is 16.6. The van der Waals surface area contributed by atoms with E-state index in [4.69, 9.17) is 16.4 Å². The molecule has 1 amide bonds. The lowest BCUT2D eigenvalue weighted by atomic mass is 10.1. The monoisotopic (exact) mass is 268 g/mol. The summed E-state index contributed by atoms with van der Waals surface area (Å²) in [5.74, 6) is 0. The van der Waals surface area contributed by atoms with Crippen molar-refractivity contribution in [3.8, 4) is 0 Å². The van der Waals surface area contributed by atoms with Crippen molar-refractivity contribution in [1.29, 1.82) is 0 Å². The highest BCUT2D eigenvalue weighted by atomic mass is 35.5. The van der Waals surface area contributed by atoms with Crippen LogP contribution in [0.1, 0.15) is 33.3 Å². The second-order valence-corrected chi connectivity index (χ2v) is 5.61. The van der Waals surface area contributed by atoms with Crippen molar-refractivity contribution in [1.82, 2.24) is 5.06 Å². The predicted molar refractivity (Wildman–Crippen MR) is 72.8 cm³/mol. The molecule has 1 rings (SSSR count). The van der Waals surface area contributed by atoms with E-state index in [0.29, 0.717) is 17.9 Å². The Labute approximate surface area is 114 Å². The van der Waals surface area contributed by atoms with Gasteiger partial charge >= 0.3 is 0 Å². The third-order valence-corrected chi connectivity index (χ3v) is 2.43. The Morgan fingerprint density at radius 3 is 2.61 bits per heavy atom. The second kappa shape index (κ2) is 6.21. The molecule has 0 saturated heterocycles. The minimum atomic E-state index is -0.406. The Hall–Kier alpha value is -1.06. The summed E-state index contributed by atoms with van der Waals surface area (Å²) in [6.07, 6.45) is 1.31. The molecule has 0 unspecified atom stereocenters. The lowest BCUT2D eigenvalue weighted by Gasteiger charge is -2.30. The van der Waals surface area contributed by atoms with Crippen LogP contribution >= 0.6 is 11.6 Å². The van der Waals surface area contributed by atoms with Crippen molar-refractivity contribution in [2.75, 3.05) is 0 Å². The van der Waals surface area contributed by atoms with Crippen molar-refractivity contribution >= 4 is 18.0 Å². The standard InChI is InChI=1S/C14H19ClNO2/c1-11(16(10-17)18-14(2,3)4)8-12-6-5-7-13(15)9-12/h5-7,9-10H,8H2,1-4H3. The summed E-state index contributed by atoms with van der Waals surface area (Å²) < 4.78 is 0. The summed E-state index contributed by atoms with van der Waals surface area (Å²) in [5.41, 5.74) is 0.639.